The molecule has 2 amide bonds. The molecule has 0 bridgehead atoms. The number of hydrogen-bond acceptors (Lipinski definition) is 2. The zero-order valence-corrected chi connectivity index (χ0v) is 14.1. The van der Waals surface area contributed by atoms with E-state index in [1.54, 1.807) is 4.90 Å². The number of amides is 2. The van der Waals surface area contributed by atoms with Crippen LogP contribution in [0.15, 0.2) is 12.1 Å². The Hall–Kier alpha value is -1.84. The number of carbonyl (C=O) groups excluding carboxylic acids is 2. The van der Waals surface area contributed by atoms with Crippen molar-refractivity contribution < 1.29 is 9.59 Å². The summed E-state index contributed by atoms with van der Waals surface area (Å²) in [4.78, 5) is 28.0. The first-order chi connectivity index (χ1) is 10.4. The van der Waals surface area contributed by atoms with Crippen molar-refractivity contribution in [1.82, 2.24) is 9.80 Å². The molecular weight excluding hydrogens is 276 g/mol. The number of likely N-dealkylation sites (tertiary alicyclic amines) is 1. The average Bonchev–Trinajstić information content (AvgIpc) is 2.49. The van der Waals surface area contributed by atoms with Crippen LogP contribution in [0.5, 0.6) is 0 Å². The van der Waals surface area contributed by atoms with Gasteiger partial charge in [0.2, 0.25) is 5.91 Å². The zero-order valence-electron chi connectivity index (χ0n) is 14.1. The van der Waals surface area contributed by atoms with E-state index in [2.05, 4.69) is 13.0 Å². The van der Waals surface area contributed by atoms with Gasteiger partial charge in [-0.25, -0.2) is 0 Å². The zero-order chi connectivity index (χ0) is 16.3. The molecule has 4 heteroatoms. The molecule has 1 aliphatic rings. The first kappa shape index (κ1) is 16.5. The molecular formula is C18H26N2O2. The van der Waals surface area contributed by atoms with Crippen molar-refractivity contribution in [1.29, 1.82) is 0 Å². The molecule has 0 spiro atoms. The normalized spacial score (nSPS) is 15.1. The summed E-state index contributed by atoms with van der Waals surface area (Å²) in [6.45, 7) is 8.09. The highest BCUT2D eigenvalue weighted by Crippen LogP contribution is 2.17. The van der Waals surface area contributed by atoms with Gasteiger partial charge in [-0.2, -0.15) is 0 Å². The predicted molar refractivity (Wildman–Crippen MR) is 88.0 cm³/mol. The first-order valence-corrected chi connectivity index (χ1v) is 8.01. The molecule has 22 heavy (non-hydrogen) atoms. The third-order valence-electron chi connectivity index (χ3n) is 4.54. The van der Waals surface area contributed by atoms with Gasteiger partial charge in [-0.05, 0) is 56.4 Å². The molecule has 1 aromatic carbocycles. The van der Waals surface area contributed by atoms with Crippen LogP contribution in [0.4, 0.5) is 0 Å². The van der Waals surface area contributed by atoms with E-state index >= 15 is 0 Å². The number of benzene rings is 1. The molecule has 1 aromatic rings. The van der Waals surface area contributed by atoms with Crippen molar-refractivity contribution in [3.8, 4) is 0 Å². The maximum Gasteiger partial charge on any atom is 0.253 e. The molecule has 120 valence electrons. The van der Waals surface area contributed by atoms with Gasteiger partial charge in [0.15, 0.2) is 0 Å². The molecule has 1 saturated heterocycles. The Labute approximate surface area is 133 Å². The molecule has 0 saturated carbocycles. The Bertz CT molecular complexity index is 581. The van der Waals surface area contributed by atoms with Gasteiger partial charge in [0.1, 0.15) is 0 Å². The highest BCUT2D eigenvalue weighted by Gasteiger charge is 2.20. The number of hydrogen-bond donors (Lipinski definition) is 0. The molecule has 2 rings (SSSR count). The van der Waals surface area contributed by atoms with E-state index in [0.717, 1.165) is 36.1 Å². The van der Waals surface area contributed by atoms with Crippen LogP contribution in [-0.4, -0.2) is 48.3 Å². The maximum absolute atomic E-state index is 12.6. The summed E-state index contributed by atoms with van der Waals surface area (Å²) < 4.78 is 0. The van der Waals surface area contributed by atoms with Crippen LogP contribution in [0.2, 0.25) is 0 Å². The summed E-state index contributed by atoms with van der Waals surface area (Å²) >= 11 is 0. The number of piperidine rings is 1. The summed E-state index contributed by atoms with van der Waals surface area (Å²) in [7, 11) is 1.81. The van der Waals surface area contributed by atoms with E-state index in [1.165, 1.54) is 5.56 Å². The summed E-state index contributed by atoms with van der Waals surface area (Å²) in [5.41, 5.74) is 4.11. The summed E-state index contributed by atoms with van der Waals surface area (Å²) in [6, 6.07) is 4.03. The number of nitrogens with zero attached hydrogens (tertiary/aromatic N) is 2. The predicted octanol–water partition coefficient (Wildman–Crippen LogP) is 2.70. The van der Waals surface area contributed by atoms with E-state index in [1.807, 2.05) is 31.9 Å². The molecule has 1 heterocycles. The minimum Gasteiger partial charge on any atom is -0.341 e. The fourth-order valence-electron chi connectivity index (χ4n) is 2.87. The number of carbonyl (C=O) groups is 2. The minimum atomic E-state index is 0.0325. The Morgan fingerprint density at radius 1 is 1.14 bits per heavy atom. The standard InChI is InChI=1S/C18H26N2O2/c1-13-11-15(3)16(12-14(13)2)18(22)19(4)9-10-20-8-6-5-7-17(20)21/h11-12H,5-10H2,1-4H3. The van der Waals surface area contributed by atoms with E-state index in [0.29, 0.717) is 19.5 Å². The number of aryl methyl sites for hydroxylation is 3. The molecule has 1 fully saturated rings. The Morgan fingerprint density at radius 3 is 2.50 bits per heavy atom. The largest absolute Gasteiger partial charge is 0.341 e. The van der Waals surface area contributed by atoms with Crippen molar-refractivity contribution in [2.45, 2.75) is 40.0 Å². The molecule has 4 nitrogen and oxygen atoms in total. The Kier molecular flexibility index (Phi) is 5.22. The van der Waals surface area contributed by atoms with Gasteiger partial charge in [-0.1, -0.05) is 6.07 Å². The Balaban J connectivity index is 2.00. The number of likely N-dealkylation sites (N-methyl/N-ethyl adjacent to an activating group) is 1. The molecule has 1 aliphatic heterocycles. The van der Waals surface area contributed by atoms with Gasteiger partial charge in [-0.15, -0.1) is 0 Å². The van der Waals surface area contributed by atoms with E-state index in [4.69, 9.17) is 0 Å². The van der Waals surface area contributed by atoms with Gasteiger partial charge in [0.25, 0.3) is 5.91 Å². The lowest BCUT2D eigenvalue weighted by Gasteiger charge is -2.29. The van der Waals surface area contributed by atoms with Crippen LogP contribution in [-0.2, 0) is 4.79 Å². The van der Waals surface area contributed by atoms with E-state index in [9.17, 15) is 9.59 Å². The minimum absolute atomic E-state index is 0.0325. The van der Waals surface area contributed by atoms with Crippen molar-refractivity contribution in [3.63, 3.8) is 0 Å². The van der Waals surface area contributed by atoms with Crippen molar-refractivity contribution >= 4 is 11.8 Å². The molecule has 0 unspecified atom stereocenters. The summed E-state index contributed by atoms with van der Waals surface area (Å²) in [5, 5.41) is 0. The van der Waals surface area contributed by atoms with Gasteiger partial charge in [0.05, 0.1) is 0 Å². The third kappa shape index (κ3) is 3.67. The summed E-state index contributed by atoms with van der Waals surface area (Å²) in [6.07, 6.45) is 2.71. The molecule has 0 aliphatic carbocycles. The quantitative estimate of drug-likeness (QED) is 0.858. The highest BCUT2D eigenvalue weighted by atomic mass is 16.2. The van der Waals surface area contributed by atoms with Crippen LogP contribution in [0.25, 0.3) is 0 Å². The van der Waals surface area contributed by atoms with Crippen LogP contribution in [0.1, 0.15) is 46.3 Å². The fraction of sp³-hybridized carbons (Fsp3) is 0.556. The van der Waals surface area contributed by atoms with Gasteiger partial charge >= 0.3 is 0 Å². The Morgan fingerprint density at radius 2 is 1.82 bits per heavy atom. The summed E-state index contributed by atoms with van der Waals surface area (Å²) in [5.74, 6) is 0.250. The molecule has 0 atom stereocenters. The molecule has 0 aromatic heterocycles. The van der Waals surface area contributed by atoms with Crippen molar-refractivity contribution in [2.75, 3.05) is 26.7 Å². The lowest BCUT2D eigenvalue weighted by atomic mass is 10.00. The van der Waals surface area contributed by atoms with Crippen LogP contribution < -0.4 is 0 Å². The second-order valence-electron chi connectivity index (χ2n) is 6.32. The smallest absolute Gasteiger partial charge is 0.253 e. The second-order valence-corrected chi connectivity index (χ2v) is 6.32. The first-order valence-electron chi connectivity index (χ1n) is 8.01. The lowest BCUT2D eigenvalue weighted by molar-refractivity contribution is -0.133. The lowest BCUT2D eigenvalue weighted by Crippen LogP contribution is -2.41. The number of rotatable bonds is 4. The van der Waals surface area contributed by atoms with Crippen molar-refractivity contribution in [3.05, 3.63) is 34.4 Å². The van der Waals surface area contributed by atoms with Crippen LogP contribution in [0, 0.1) is 20.8 Å². The average molecular weight is 302 g/mol. The second kappa shape index (κ2) is 6.95. The maximum atomic E-state index is 12.6. The van der Waals surface area contributed by atoms with Crippen LogP contribution >= 0.6 is 0 Å². The van der Waals surface area contributed by atoms with Gasteiger partial charge in [-0.3, -0.25) is 9.59 Å². The highest BCUT2D eigenvalue weighted by molar-refractivity contribution is 5.95. The van der Waals surface area contributed by atoms with E-state index in [-0.39, 0.29) is 11.8 Å². The van der Waals surface area contributed by atoms with Gasteiger partial charge < -0.3 is 9.80 Å². The molecule has 0 N–H and O–H groups in total. The SMILES string of the molecule is Cc1cc(C)c(C(=O)N(C)CCN2CCCCC2=O)cc1C. The van der Waals surface area contributed by atoms with Crippen LogP contribution in [0.3, 0.4) is 0 Å². The fourth-order valence-corrected chi connectivity index (χ4v) is 2.87. The van der Waals surface area contributed by atoms with Crippen molar-refractivity contribution in [2.24, 2.45) is 0 Å². The third-order valence-corrected chi connectivity index (χ3v) is 4.54. The topological polar surface area (TPSA) is 40.6 Å². The van der Waals surface area contributed by atoms with E-state index < -0.39 is 0 Å². The molecule has 0 radical (unpaired) electrons. The monoisotopic (exact) mass is 302 g/mol. The van der Waals surface area contributed by atoms with Gasteiger partial charge in [0, 0.05) is 38.7 Å².